The van der Waals surface area contributed by atoms with Crippen molar-refractivity contribution in [3.8, 4) is 6.07 Å². The second kappa shape index (κ2) is 5.47. The first-order valence-corrected chi connectivity index (χ1v) is 7.28. The van der Waals surface area contributed by atoms with E-state index < -0.39 is 0 Å². The first-order chi connectivity index (χ1) is 10.5. The Morgan fingerprint density at radius 2 is 2.14 bits per heavy atom. The van der Waals surface area contributed by atoms with E-state index in [1.807, 2.05) is 6.07 Å². The van der Waals surface area contributed by atoms with Crippen molar-refractivity contribution in [2.45, 2.75) is 18.3 Å². The third-order valence-corrected chi connectivity index (χ3v) is 4.32. The number of benzene rings is 1. The monoisotopic (exact) mass is 316 g/mol. The molecule has 1 aromatic carbocycles. The fourth-order valence-electron chi connectivity index (χ4n) is 2.54. The first-order valence-electron chi connectivity index (χ1n) is 6.90. The summed E-state index contributed by atoms with van der Waals surface area (Å²) in [7, 11) is 0. The lowest BCUT2D eigenvalue weighted by Gasteiger charge is -2.18. The van der Waals surface area contributed by atoms with E-state index in [2.05, 4.69) is 10.3 Å². The van der Waals surface area contributed by atoms with E-state index >= 15 is 0 Å². The number of nitrogens with one attached hydrogen (secondary N) is 1. The third-order valence-electron chi connectivity index (χ3n) is 4.01. The SMILES string of the molecule is N#Cc1ccc(NCC2(c3ccc(F)cc3Cl)CC2)nc1N. The average Bonchev–Trinajstić information content (AvgIpc) is 3.26. The predicted molar refractivity (Wildman–Crippen MR) is 84.2 cm³/mol. The summed E-state index contributed by atoms with van der Waals surface area (Å²) < 4.78 is 13.2. The molecule has 3 N–H and O–H groups in total. The van der Waals surface area contributed by atoms with Gasteiger partial charge < -0.3 is 11.1 Å². The molecular weight excluding hydrogens is 303 g/mol. The smallest absolute Gasteiger partial charge is 0.143 e. The number of nitrogens with two attached hydrogens (primary N) is 1. The van der Waals surface area contributed by atoms with Crippen molar-refractivity contribution in [2.24, 2.45) is 0 Å². The molecule has 112 valence electrons. The Balaban J connectivity index is 1.76. The maximum Gasteiger partial charge on any atom is 0.143 e. The van der Waals surface area contributed by atoms with Crippen LogP contribution in [0.15, 0.2) is 30.3 Å². The molecule has 4 nitrogen and oxygen atoms in total. The minimum atomic E-state index is -0.334. The molecule has 1 aliphatic rings. The van der Waals surface area contributed by atoms with Crippen LogP contribution in [0.1, 0.15) is 24.0 Å². The van der Waals surface area contributed by atoms with Crippen LogP contribution < -0.4 is 11.1 Å². The standard InChI is InChI=1S/C16H14ClFN4/c17-13-7-11(18)2-3-12(13)16(5-6-16)9-21-14-4-1-10(8-19)15(20)22-14/h1-4,7H,5-6,9H2,(H3,20,21,22). The number of rotatable bonds is 4. The molecule has 0 aliphatic heterocycles. The van der Waals surface area contributed by atoms with Gasteiger partial charge in [-0.25, -0.2) is 9.37 Å². The molecule has 1 saturated carbocycles. The molecule has 6 heteroatoms. The highest BCUT2D eigenvalue weighted by atomic mass is 35.5. The number of nitriles is 1. The van der Waals surface area contributed by atoms with E-state index in [0.29, 0.717) is 22.9 Å². The van der Waals surface area contributed by atoms with Gasteiger partial charge in [0, 0.05) is 17.0 Å². The molecule has 0 spiro atoms. The van der Waals surface area contributed by atoms with Gasteiger partial charge in [0.15, 0.2) is 0 Å². The summed E-state index contributed by atoms with van der Waals surface area (Å²) in [6.45, 7) is 0.636. The Hall–Kier alpha value is -2.32. The van der Waals surface area contributed by atoms with Gasteiger partial charge in [0.2, 0.25) is 0 Å². The topological polar surface area (TPSA) is 74.7 Å². The maximum absolute atomic E-state index is 13.2. The Morgan fingerprint density at radius 3 is 2.73 bits per heavy atom. The predicted octanol–water partition coefficient (Wildman–Crippen LogP) is 3.47. The Labute approximate surface area is 132 Å². The zero-order valence-electron chi connectivity index (χ0n) is 11.7. The fourth-order valence-corrected chi connectivity index (χ4v) is 2.91. The van der Waals surface area contributed by atoms with Crippen LogP contribution in [-0.4, -0.2) is 11.5 Å². The number of anilines is 2. The largest absolute Gasteiger partial charge is 0.383 e. The third kappa shape index (κ3) is 2.70. The number of nitrogens with zero attached hydrogens (tertiary/aromatic N) is 2. The summed E-state index contributed by atoms with van der Waals surface area (Å²) >= 11 is 6.16. The molecule has 2 aromatic rings. The molecule has 22 heavy (non-hydrogen) atoms. The van der Waals surface area contributed by atoms with Crippen LogP contribution in [0.5, 0.6) is 0 Å². The summed E-state index contributed by atoms with van der Waals surface area (Å²) in [5, 5.41) is 12.5. The van der Waals surface area contributed by atoms with Gasteiger partial charge in [0.1, 0.15) is 23.5 Å². The molecule has 0 atom stereocenters. The summed E-state index contributed by atoms with van der Waals surface area (Å²) in [5.74, 6) is 0.484. The van der Waals surface area contributed by atoms with Crippen molar-refractivity contribution < 1.29 is 4.39 Å². The number of hydrogen-bond donors (Lipinski definition) is 2. The van der Waals surface area contributed by atoms with Gasteiger partial charge in [-0.2, -0.15) is 5.26 Å². The molecule has 1 heterocycles. The fraction of sp³-hybridized carbons (Fsp3) is 0.250. The van der Waals surface area contributed by atoms with Crippen LogP contribution in [0, 0.1) is 17.1 Å². The highest BCUT2D eigenvalue weighted by Gasteiger charge is 2.45. The summed E-state index contributed by atoms with van der Waals surface area (Å²) in [4.78, 5) is 4.16. The van der Waals surface area contributed by atoms with Crippen LogP contribution >= 0.6 is 11.6 Å². The van der Waals surface area contributed by atoms with E-state index in [1.54, 1.807) is 18.2 Å². The quantitative estimate of drug-likeness (QED) is 0.905. The van der Waals surface area contributed by atoms with Gasteiger partial charge in [-0.15, -0.1) is 0 Å². The summed E-state index contributed by atoms with van der Waals surface area (Å²) in [6.07, 6.45) is 1.97. The van der Waals surface area contributed by atoms with E-state index in [9.17, 15) is 4.39 Å². The second-order valence-corrected chi connectivity index (χ2v) is 5.91. The van der Waals surface area contributed by atoms with Crippen LogP contribution in [0.3, 0.4) is 0 Å². The van der Waals surface area contributed by atoms with Gasteiger partial charge in [0.05, 0.1) is 5.56 Å². The van der Waals surface area contributed by atoms with Crippen LogP contribution in [0.4, 0.5) is 16.0 Å². The molecule has 3 rings (SSSR count). The van der Waals surface area contributed by atoms with Gasteiger partial charge in [-0.05, 0) is 42.7 Å². The zero-order valence-corrected chi connectivity index (χ0v) is 12.5. The normalized spacial score (nSPS) is 15.1. The van der Waals surface area contributed by atoms with E-state index in [4.69, 9.17) is 22.6 Å². The number of aromatic nitrogens is 1. The lowest BCUT2D eigenvalue weighted by molar-refractivity contribution is 0.624. The molecule has 0 unspecified atom stereocenters. The van der Waals surface area contributed by atoms with Crippen LogP contribution in [0.2, 0.25) is 5.02 Å². The Morgan fingerprint density at radius 1 is 1.36 bits per heavy atom. The molecule has 1 fully saturated rings. The lowest BCUT2D eigenvalue weighted by Crippen LogP contribution is -2.20. The Bertz CT molecular complexity index is 765. The summed E-state index contributed by atoms with van der Waals surface area (Å²) in [5.41, 5.74) is 6.92. The molecule has 1 aliphatic carbocycles. The molecule has 0 saturated heterocycles. The van der Waals surface area contributed by atoms with Gasteiger partial charge >= 0.3 is 0 Å². The molecule has 0 radical (unpaired) electrons. The van der Waals surface area contributed by atoms with Gasteiger partial charge in [-0.1, -0.05) is 17.7 Å². The summed E-state index contributed by atoms with van der Waals surface area (Å²) in [6, 6.07) is 9.85. The molecule has 0 amide bonds. The average molecular weight is 317 g/mol. The molecular formula is C16H14ClFN4. The van der Waals surface area contributed by atoms with Gasteiger partial charge in [0.25, 0.3) is 0 Å². The van der Waals surface area contributed by atoms with Crippen molar-refractivity contribution in [1.82, 2.24) is 4.98 Å². The lowest BCUT2D eigenvalue weighted by atomic mass is 9.95. The second-order valence-electron chi connectivity index (χ2n) is 5.50. The number of hydrogen-bond acceptors (Lipinski definition) is 4. The van der Waals surface area contributed by atoms with E-state index in [1.165, 1.54) is 12.1 Å². The van der Waals surface area contributed by atoms with Crippen molar-refractivity contribution in [3.63, 3.8) is 0 Å². The number of nitrogen functional groups attached to an aromatic ring is 1. The number of pyridine rings is 1. The van der Waals surface area contributed by atoms with Crippen LogP contribution in [-0.2, 0) is 5.41 Å². The van der Waals surface area contributed by atoms with Crippen molar-refractivity contribution in [3.05, 3.63) is 52.3 Å². The van der Waals surface area contributed by atoms with Crippen molar-refractivity contribution in [1.29, 1.82) is 5.26 Å². The highest BCUT2D eigenvalue weighted by molar-refractivity contribution is 6.31. The zero-order chi connectivity index (χ0) is 15.7. The number of halogens is 2. The molecule has 0 bridgehead atoms. The van der Waals surface area contributed by atoms with Crippen molar-refractivity contribution >= 4 is 23.2 Å². The molecule has 1 aromatic heterocycles. The van der Waals surface area contributed by atoms with Crippen LogP contribution in [0.25, 0.3) is 0 Å². The maximum atomic E-state index is 13.2. The van der Waals surface area contributed by atoms with Crippen molar-refractivity contribution in [2.75, 3.05) is 17.6 Å². The van der Waals surface area contributed by atoms with Gasteiger partial charge in [-0.3, -0.25) is 0 Å². The van der Waals surface area contributed by atoms with E-state index in [-0.39, 0.29) is 17.1 Å². The minimum Gasteiger partial charge on any atom is -0.383 e. The highest BCUT2D eigenvalue weighted by Crippen LogP contribution is 2.50. The first kappa shape index (κ1) is 14.6. The minimum absolute atomic E-state index is 0.0882. The van der Waals surface area contributed by atoms with E-state index in [0.717, 1.165) is 18.4 Å². The Kier molecular flexibility index (Phi) is 3.63.